The van der Waals surface area contributed by atoms with E-state index in [9.17, 15) is 8.42 Å². The summed E-state index contributed by atoms with van der Waals surface area (Å²) in [6.07, 6.45) is 13.8. The van der Waals surface area contributed by atoms with Gasteiger partial charge in [0.2, 0.25) is 0 Å². The fourth-order valence-electron chi connectivity index (χ4n) is 2.72. The van der Waals surface area contributed by atoms with Crippen molar-refractivity contribution >= 4 is 9.84 Å². The van der Waals surface area contributed by atoms with Crippen molar-refractivity contribution in [3.05, 3.63) is 0 Å². The van der Waals surface area contributed by atoms with Gasteiger partial charge in [0, 0.05) is 18.3 Å². The van der Waals surface area contributed by atoms with Gasteiger partial charge in [-0.3, -0.25) is 0 Å². The van der Waals surface area contributed by atoms with Gasteiger partial charge in [-0.05, 0) is 19.8 Å². The third kappa shape index (κ3) is 13.3. The lowest BCUT2D eigenvalue weighted by Gasteiger charge is -2.31. The predicted molar refractivity (Wildman–Crippen MR) is 93.6 cm³/mol. The van der Waals surface area contributed by atoms with Crippen molar-refractivity contribution in [2.24, 2.45) is 0 Å². The summed E-state index contributed by atoms with van der Waals surface area (Å²) in [6.45, 7) is 7.31. The average molecular weight is 320 g/mol. The Bertz CT molecular complexity index is 327. The van der Waals surface area contributed by atoms with Crippen LogP contribution in [-0.4, -0.2) is 32.5 Å². The fourth-order valence-corrected chi connectivity index (χ4v) is 3.20. The van der Waals surface area contributed by atoms with E-state index in [0.29, 0.717) is 6.54 Å². The quantitative estimate of drug-likeness (QED) is 0.485. The highest BCUT2D eigenvalue weighted by Crippen LogP contribution is 2.22. The second kappa shape index (κ2) is 11.5. The lowest BCUT2D eigenvalue weighted by Crippen LogP contribution is -2.44. The van der Waals surface area contributed by atoms with Gasteiger partial charge in [0.25, 0.3) is 0 Å². The number of sulfone groups is 1. The van der Waals surface area contributed by atoms with Crippen molar-refractivity contribution in [1.82, 2.24) is 5.32 Å². The van der Waals surface area contributed by atoms with Crippen molar-refractivity contribution in [3.63, 3.8) is 0 Å². The van der Waals surface area contributed by atoms with Gasteiger partial charge in [-0.1, -0.05) is 65.2 Å². The van der Waals surface area contributed by atoms with Crippen LogP contribution in [0.15, 0.2) is 0 Å². The molecule has 0 amide bonds. The van der Waals surface area contributed by atoms with E-state index in [1.165, 1.54) is 57.6 Å². The Kier molecular flexibility index (Phi) is 11.4. The first kappa shape index (κ1) is 20.9. The summed E-state index contributed by atoms with van der Waals surface area (Å²) in [6, 6.07) is 0. The molecule has 0 heterocycles. The van der Waals surface area contributed by atoms with Crippen molar-refractivity contribution in [2.75, 3.05) is 18.6 Å². The molecule has 3 nitrogen and oxygen atoms in total. The van der Waals surface area contributed by atoms with Gasteiger partial charge < -0.3 is 5.32 Å². The van der Waals surface area contributed by atoms with Crippen LogP contribution in [0.3, 0.4) is 0 Å². The zero-order valence-corrected chi connectivity index (χ0v) is 15.5. The molecule has 0 saturated heterocycles. The zero-order chi connectivity index (χ0) is 16.2. The van der Waals surface area contributed by atoms with Crippen LogP contribution in [-0.2, 0) is 9.84 Å². The molecule has 0 aliphatic heterocycles. The second-order valence-corrected chi connectivity index (χ2v) is 9.00. The standard InChI is InChI=1S/C17H37NO2S/c1-5-7-9-11-13-17(3,14-12-10-8-6-2)18-15-16-21(4,19)20/h18H,5-16H2,1-4H3. The molecule has 0 fully saturated rings. The van der Waals surface area contributed by atoms with Crippen LogP contribution in [0.1, 0.15) is 85.0 Å². The number of nitrogens with one attached hydrogen (secondary N) is 1. The molecule has 0 saturated carbocycles. The molecular formula is C17H37NO2S. The molecule has 0 atom stereocenters. The van der Waals surface area contributed by atoms with E-state index in [2.05, 4.69) is 26.1 Å². The highest BCUT2D eigenvalue weighted by atomic mass is 32.2. The van der Waals surface area contributed by atoms with E-state index >= 15 is 0 Å². The minimum Gasteiger partial charge on any atom is -0.311 e. The van der Waals surface area contributed by atoms with Crippen LogP contribution in [0.25, 0.3) is 0 Å². The van der Waals surface area contributed by atoms with Crippen molar-refractivity contribution < 1.29 is 8.42 Å². The van der Waals surface area contributed by atoms with Gasteiger partial charge in [-0.15, -0.1) is 0 Å². The van der Waals surface area contributed by atoms with Crippen LogP contribution in [0.5, 0.6) is 0 Å². The minimum absolute atomic E-state index is 0.103. The Morgan fingerprint density at radius 1 is 0.857 bits per heavy atom. The molecule has 0 bridgehead atoms. The molecule has 0 spiro atoms. The molecule has 0 rings (SSSR count). The van der Waals surface area contributed by atoms with Gasteiger partial charge in [0.1, 0.15) is 9.84 Å². The summed E-state index contributed by atoms with van der Waals surface area (Å²) < 4.78 is 22.6. The van der Waals surface area contributed by atoms with Gasteiger partial charge in [-0.25, -0.2) is 8.42 Å². The molecule has 0 aromatic carbocycles. The maximum absolute atomic E-state index is 11.3. The summed E-state index contributed by atoms with van der Waals surface area (Å²) in [5.41, 5.74) is 0.103. The van der Waals surface area contributed by atoms with Crippen molar-refractivity contribution in [2.45, 2.75) is 90.5 Å². The van der Waals surface area contributed by atoms with E-state index in [0.717, 1.165) is 12.8 Å². The van der Waals surface area contributed by atoms with E-state index in [1.807, 2.05) is 0 Å². The fraction of sp³-hybridized carbons (Fsp3) is 1.00. The number of rotatable bonds is 14. The third-order valence-corrected chi connectivity index (χ3v) is 5.13. The van der Waals surface area contributed by atoms with Gasteiger partial charge in [0.05, 0.1) is 5.75 Å². The molecule has 0 aliphatic carbocycles. The summed E-state index contributed by atoms with van der Waals surface area (Å²) >= 11 is 0. The first-order valence-electron chi connectivity index (χ1n) is 8.76. The third-order valence-electron chi connectivity index (χ3n) is 4.19. The summed E-state index contributed by atoms with van der Waals surface area (Å²) in [5.74, 6) is 0.243. The molecule has 21 heavy (non-hydrogen) atoms. The topological polar surface area (TPSA) is 46.2 Å². The van der Waals surface area contributed by atoms with Crippen LogP contribution in [0, 0.1) is 0 Å². The van der Waals surface area contributed by atoms with Crippen LogP contribution in [0.2, 0.25) is 0 Å². The van der Waals surface area contributed by atoms with Gasteiger partial charge in [0.15, 0.2) is 0 Å². The van der Waals surface area contributed by atoms with Crippen molar-refractivity contribution in [1.29, 1.82) is 0 Å². The number of hydrogen-bond donors (Lipinski definition) is 1. The first-order chi connectivity index (χ1) is 9.83. The zero-order valence-electron chi connectivity index (χ0n) is 14.7. The lowest BCUT2D eigenvalue weighted by molar-refractivity contribution is 0.293. The Morgan fingerprint density at radius 2 is 1.33 bits per heavy atom. The minimum atomic E-state index is -2.87. The Labute approximate surface area is 133 Å². The van der Waals surface area contributed by atoms with Crippen LogP contribution >= 0.6 is 0 Å². The Hall–Kier alpha value is -0.0900. The highest BCUT2D eigenvalue weighted by molar-refractivity contribution is 7.90. The molecule has 1 N–H and O–H groups in total. The normalized spacial score (nSPS) is 12.8. The lowest BCUT2D eigenvalue weighted by atomic mass is 9.88. The molecule has 4 heteroatoms. The maximum atomic E-state index is 11.3. The number of unbranched alkanes of at least 4 members (excludes halogenated alkanes) is 6. The highest BCUT2D eigenvalue weighted by Gasteiger charge is 2.22. The molecule has 0 aromatic heterocycles. The predicted octanol–water partition coefficient (Wildman–Crippen LogP) is 4.32. The SMILES string of the molecule is CCCCCCC(C)(CCCCCC)NCCS(C)(=O)=O. The second-order valence-electron chi connectivity index (χ2n) is 6.74. The maximum Gasteiger partial charge on any atom is 0.148 e. The molecule has 0 aromatic rings. The molecule has 128 valence electrons. The monoisotopic (exact) mass is 319 g/mol. The van der Waals surface area contributed by atoms with Gasteiger partial charge >= 0.3 is 0 Å². The van der Waals surface area contributed by atoms with Crippen molar-refractivity contribution in [3.8, 4) is 0 Å². The molecule has 0 aliphatic rings. The smallest absolute Gasteiger partial charge is 0.148 e. The largest absolute Gasteiger partial charge is 0.311 e. The molecule has 0 radical (unpaired) electrons. The Balaban J connectivity index is 4.22. The summed E-state index contributed by atoms with van der Waals surface area (Å²) in [4.78, 5) is 0. The summed E-state index contributed by atoms with van der Waals surface area (Å²) in [5, 5.41) is 3.53. The molecule has 0 unspecified atom stereocenters. The van der Waals surface area contributed by atoms with E-state index in [-0.39, 0.29) is 11.3 Å². The van der Waals surface area contributed by atoms with Gasteiger partial charge in [-0.2, -0.15) is 0 Å². The van der Waals surface area contributed by atoms with Crippen LogP contribution < -0.4 is 5.32 Å². The van der Waals surface area contributed by atoms with Crippen LogP contribution in [0.4, 0.5) is 0 Å². The van der Waals surface area contributed by atoms with E-state index in [4.69, 9.17) is 0 Å². The average Bonchev–Trinajstić information content (AvgIpc) is 2.39. The van der Waals surface area contributed by atoms with E-state index in [1.54, 1.807) is 0 Å². The van der Waals surface area contributed by atoms with E-state index < -0.39 is 9.84 Å². The summed E-state index contributed by atoms with van der Waals surface area (Å²) in [7, 11) is -2.87. The number of hydrogen-bond acceptors (Lipinski definition) is 3. The first-order valence-corrected chi connectivity index (χ1v) is 10.8. The molecular weight excluding hydrogens is 282 g/mol. The Morgan fingerprint density at radius 3 is 1.71 bits per heavy atom.